The van der Waals surface area contributed by atoms with E-state index in [2.05, 4.69) is 55.6 Å². The molecule has 0 radical (unpaired) electrons. The molecule has 0 aromatic heterocycles. The number of quaternary nitrogens is 1. The zero-order valence-corrected chi connectivity index (χ0v) is 50.3. The minimum Gasteiger partial charge on any atom is -0.756 e. The summed E-state index contributed by atoms with van der Waals surface area (Å²) in [5.41, 5.74) is 0. The number of phosphoric ester groups is 1. The monoisotopic (exact) mass is 1050 g/mol. The number of hydrogen-bond donors (Lipinski definition) is 2. The average molecular weight is 1050 g/mol. The lowest BCUT2D eigenvalue weighted by Gasteiger charge is -2.30. The summed E-state index contributed by atoms with van der Waals surface area (Å²) >= 11 is 0. The average Bonchev–Trinajstić information content (AvgIpc) is 3.35. The molecular weight excluding hydrogens is 924 g/mol. The van der Waals surface area contributed by atoms with E-state index in [9.17, 15) is 19.4 Å². The maximum atomic E-state index is 13.0. The van der Waals surface area contributed by atoms with Crippen LogP contribution < -0.4 is 10.2 Å². The van der Waals surface area contributed by atoms with Crippen LogP contribution in [0, 0.1) is 0 Å². The second-order valence-electron chi connectivity index (χ2n) is 23.1. The van der Waals surface area contributed by atoms with Crippen LogP contribution in [0.5, 0.6) is 0 Å². The Hall–Kier alpha value is -1.28. The SMILES string of the molecule is CCCCCCC/C=C\C/C=C\C/C=C\CCCCCCCCCCCCCCCCC(=O)NC(COP(=O)([O-])OCC[N+](C)(C)C)C(O)CCCCCCCCCCCCCCCCCCCCCCCC. The maximum Gasteiger partial charge on any atom is 0.268 e. The molecule has 0 aromatic rings. The van der Waals surface area contributed by atoms with E-state index in [-0.39, 0.29) is 19.1 Å². The fraction of sp³-hybridized carbons (Fsp3) is 0.891. The number of aliphatic hydroxyl groups is 1. The molecule has 1 amide bonds. The standard InChI is InChI=1S/C64H125N2O6P/c1-6-8-10-12-14-16-18-20-22-24-26-28-30-31-32-33-34-35-36-38-40-42-44-46-48-50-52-54-56-58-64(68)65-62(61-72-73(69,70)71-60-59-66(3,4)5)63(67)57-55-53-51-49-47-45-43-41-39-37-29-27-25-23-21-19-17-15-13-11-9-7-2/h18,20,24,26,30-31,62-63,67H,6-17,19,21-23,25,27-29,32-61H2,1-5H3,(H-,65,68,69,70)/b20-18-,26-24-,31-30-. The quantitative estimate of drug-likeness (QED) is 0.0272. The van der Waals surface area contributed by atoms with E-state index in [1.807, 2.05) is 21.1 Å². The summed E-state index contributed by atoms with van der Waals surface area (Å²) in [5.74, 6) is -0.161. The van der Waals surface area contributed by atoms with E-state index < -0.39 is 20.0 Å². The van der Waals surface area contributed by atoms with Crippen LogP contribution in [0.4, 0.5) is 0 Å². The lowest BCUT2D eigenvalue weighted by atomic mass is 10.0. The summed E-state index contributed by atoms with van der Waals surface area (Å²) in [6.07, 6.45) is 71.9. The van der Waals surface area contributed by atoms with E-state index in [0.29, 0.717) is 23.9 Å². The van der Waals surface area contributed by atoms with Crippen molar-refractivity contribution in [3.8, 4) is 0 Å². The van der Waals surface area contributed by atoms with E-state index in [4.69, 9.17) is 9.05 Å². The third kappa shape index (κ3) is 58.2. The van der Waals surface area contributed by atoms with Crippen molar-refractivity contribution in [3.63, 3.8) is 0 Å². The van der Waals surface area contributed by atoms with Gasteiger partial charge in [0.1, 0.15) is 13.2 Å². The van der Waals surface area contributed by atoms with Gasteiger partial charge in [-0.25, -0.2) is 0 Å². The van der Waals surface area contributed by atoms with Crippen LogP contribution in [0.3, 0.4) is 0 Å². The summed E-state index contributed by atoms with van der Waals surface area (Å²) in [6, 6.07) is -0.802. The molecule has 0 aliphatic heterocycles. The third-order valence-corrected chi connectivity index (χ3v) is 15.6. The first-order chi connectivity index (χ1) is 35.5. The van der Waals surface area contributed by atoms with Gasteiger partial charge in [0.05, 0.1) is 39.9 Å². The van der Waals surface area contributed by atoms with Gasteiger partial charge in [0, 0.05) is 6.42 Å². The molecule has 0 spiro atoms. The number of allylic oxidation sites excluding steroid dienone is 6. The van der Waals surface area contributed by atoms with Crippen LogP contribution in [-0.2, 0) is 18.4 Å². The van der Waals surface area contributed by atoms with Gasteiger partial charge in [0.15, 0.2) is 0 Å². The second-order valence-corrected chi connectivity index (χ2v) is 24.5. The molecule has 8 nitrogen and oxygen atoms in total. The van der Waals surface area contributed by atoms with Crippen LogP contribution >= 0.6 is 7.82 Å². The van der Waals surface area contributed by atoms with Gasteiger partial charge in [0.25, 0.3) is 7.82 Å². The molecule has 0 aromatic carbocycles. The molecule has 0 fully saturated rings. The van der Waals surface area contributed by atoms with E-state index in [0.717, 1.165) is 51.4 Å². The highest BCUT2D eigenvalue weighted by molar-refractivity contribution is 7.45. The molecule has 73 heavy (non-hydrogen) atoms. The van der Waals surface area contributed by atoms with Gasteiger partial charge in [-0.05, 0) is 51.4 Å². The smallest absolute Gasteiger partial charge is 0.268 e. The predicted octanol–water partition coefficient (Wildman–Crippen LogP) is 19.1. The number of unbranched alkanes of at least 4 members (excludes halogenated alkanes) is 40. The lowest BCUT2D eigenvalue weighted by Crippen LogP contribution is -2.46. The first-order valence-corrected chi connectivity index (χ1v) is 33.3. The first kappa shape index (κ1) is 71.7. The number of aliphatic hydroxyl groups excluding tert-OH is 1. The minimum absolute atomic E-state index is 0.0131. The minimum atomic E-state index is -4.58. The summed E-state index contributed by atoms with van der Waals surface area (Å²) in [6.45, 7) is 4.75. The summed E-state index contributed by atoms with van der Waals surface area (Å²) in [4.78, 5) is 25.6. The Kier molecular flexibility index (Phi) is 54.5. The largest absolute Gasteiger partial charge is 0.756 e. The second kappa shape index (κ2) is 55.5. The van der Waals surface area contributed by atoms with Gasteiger partial charge in [-0.2, -0.15) is 0 Å². The van der Waals surface area contributed by atoms with Crippen LogP contribution in [0.2, 0.25) is 0 Å². The molecule has 0 saturated heterocycles. The fourth-order valence-corrected chi connectivity index (χ4v) is 10.4. The van der Waals surface area contributed by atoms with Gasteiger partial charge in [-0.3, -0.25) is 9.36 Å². The number of carbonyl (C=O) groups excluding carboxylic acids is 1. The zero-order valence-electron chi connectivity index (χ0n) is 49.4. The van der Waals surface area contributed by atoms with Crippen LogP contribution in [0.25, 0.3) is 0 Å². The van der Waals surface area contributed by atoms with Crippen LogP contribution in [0.15, 0.2) is 36.5 Å². The van der Waals surface area contributed by atoms with Gasteiger partial charge in [-0.1, -0.05) is 294 Å². The normalized spacial score (nSPS) is 14.0. The van der Waals surface area contributed by atoms with E-state index in [1.54, 1.807) is 0 Å². The summed E-state index contributed by atoms with van der Waals surface area (Å²) < 4.78 is 23.5. The molecule has 0 aliphatic carbocycles. The van der Waals surface area contributed by atoms with Gasteiger partial charge in [0.2, 0.25) is 5.91 Å². The van der Waals surface area contributed by atoms with Crippen molar-refractivity contribution in [3.05, 3.63) is 36.5 Å². The molecule has 0 aliphatic rings. The topological polar surface area (TPSA) is 108 Å². The Morgan fingerprint density at radius 3 is 1.15 bits per heavy atom. The number of carbonyl (C=O) groups is 1. The number of phosphoric acid groups is 1. The number of nitrogens with one attached hydrogen (secondary N) is 1. The number of amides is 1. The van der Waals surface area contributed by atoms with Crippen molar-refractivity contribution >= 4 is 13.7 Å². The van der Waals surface area contributed by atoms with Crippen molar-refractivity contribution in [2.75, 3.05) is 40.9 Å². The first-order valence-electron chi connectivity index (χ1n) is 31.8. The van der Waals surface area contributed by atoms with Crippen molar-refractivity contribution in [2.45, 2.75) is 328 Å². The Balaban J connectivity index is 4.09. The Morgan fingerprint density at radius 1 is 0.479 bits per heavy atom. The Bertz CT molecular complexity index is 1280. The van der Waals surface area contributed by atoms with Crippen LogP contribution in [0.1, 0.15) is 316 Å². The third-order valence-electron chi connectivity index (χ3n) is 14.6. The highest BCUT2D eigenvalue weighted by atomic mass is 31.2. The van der Waals surface area contributed by atoms with Gasteiger partial charge in [-0.15, -0.1) is 0 Å². The number of nitrogens with zero attached hydrogens (tertiary/aromatic N) is 1. The van der Waals surface area contributed by atoms with Crippen molar-refractivity contribution < 1.29 is 32.9 Å². The van der Waals surface area contributed by atoms with Crippen molar-refractivity contribution in [1.29, 1.82) is 0 Å². The van der Waals surface area contributed by atoms with Crippen LogP contribution in [-0.4, -0.2) is 68.5 Å². The van der Waals surface area contributed by atoms with Gasteiger partial charge < -0.3 is 28.8 Å². The number of hydrogen-bond acceptors (Lipinski definition) is 6. The van der Waals surface area contributed by atoms with Gasteiger partial charge >= 0.3 is 0 Å². The molecule has 432 valence electrons. The highest BCUT2D eigenvalue weighted by Gasteiger charge is 2.24. The molecule has 0 heterocycles. The van der Waals surface area contributed by atoms with Crippen molar-refractivity contribution in [2.24, 2.45) is 0 Å². The van der Waals surface area contributed by atoms with E-state index in [1.165, 1.54) is 238 Å². The molecule has 3 atom stereocenters. The van der Waals surface area contributed by atoms with Crippen molar-refractivity contribution in [1.82, 2.24) is 5.32 Å². The number of likely N-dealkylation sites (N-methyl/N-ethyl adjacent to an activating group) is 1. The molecule has 0 rings (SSSR count). The molecule has 2 N–H and O–H groups in total. The Labute approximate surface area is 455 Å². The molecule has 9 heteroatoms. The Morgan fingerprint density at radius 2 is 0.795 bits per heavy atom. The summed E-state index contributed by atoms with van der Waals surface area (Å²) in [5, 5.41) is 14.1. The molecular formula is C64H125N2O6P. The molecule has 0 bridgehead atoms. The van der Waals surface area contributed by atoms with E-state index >= 15 is 0 Å². The summed E-state index contributed by atoms with van der Waals surface area (Å²) in [7, 11) is 1.32. The fourth-order valence-electron chi connectivity index (χ4n) is 9.64. The molecule has 0 saturated carbocycles. The predicted molar refractivity (Wildman–Crippen MR) is 316 cm³/mol. The zero-order chi connectivity index (χ0) is 53.5. The maximum absolute atomic E-state index is 13.0. The highest BCUT2D eigenvalue weighted by Crippen LogP contribution is 2.38. The number of rotatable bonds is 59. The molecule has 3 unspecified atom stereocenters. The lowest BCUT2D eigenvalue weighted by molar-refractivity contribution is -0.870.